The molecule has 1 heterocycles. The molecule has 0 aromatic heterocycles. The van der Waals surface area contributed by atoms with Crippen molar-refractivity contribution >= 4 is 5.97 Å². The molecule has 146 valence electrons. The molecule has 1 rings (SSSR count). The van der Waals surface area contributed by atoms with Gasteiger partial charge in [-0.05, 0) is 32.3 Å². The zero-order valence-corrected chi connectivity index (χ0v) is 15.3. The molecule has 1 aliphatic heterocycles. The topological polar surface area (TPSA) is 99.1 Å². The monoisotopic (exact) mass is 357 g/mol. The number of carbonyl (C=O) groups is 1. The summed E-state index contributed by atoms with van der Waals surface area (Å²) < 4.78 is 11.0. The third-order valence-electron chi connectivity index (χ3n) is 4.49. The first-order valence-corrected chi connectivity index (χ1v) is 9.51. The first-order valence-electron chi connectivity index (χ1n) is 9.51. The molecule has 2 N–H and O–H groups in total. The van der Waals surface area contributed by atoms with Gasteiger partial charge in [0.05, 0.1) is 18.2 Å². The van der Waals surface area contributed by atoms with Gasteiger partial charge in [0.15, 0.2) is 6.29 Å². The Balaban J connectivity index is 1.87. The number of carboxylic acids is 1. The summed E-state index contributed by atoms with van der Waals surface area (Å²) in [6, 6.07) is 0. The SMILES string of the molecule is C[C@@H]1O[C@@H](OCCCCCCCCCC/C=C/C(=O)[O-])[C@H](O)C[C@H]1O. The van der Waals surface area contributed by atoms with Crippen LogP contribution in [-0.4, -0.2) is 47.4 Å². The second-order valence-electron chi connectivity index (χ2n) is 6.79. The summed E-state index contributed by atoms with van der Waals surface area (Å²) in [4.78, 5) is 10.2. The third kappa shape index (κ3) is 10.6. The number of ether oxygens (including phenoxy) is 2. The van der Waals surface area contributed by atoms with E-state index in [0.717, 1.165) is 44.6 Å². The fraction of sp³-hybridized carbons (Fsp3) is 0.842. The lowest BCUT2D eigenvalue weighted by molar-refractivity contribution is -0.297. The van der Waals surface area contributed by atoms with Crippen LogP contribution in [0.1, 0.15) is 71.1 Å². The minimum atomic E-state index is -1.12. The summed E-state index contributed by atoms with van der Waals surface area (Å²) in [6.07, 6.45) is 10.5. The summed E-state index contributed by atoms with van der Waals surface area (Å²) in [5, 5.41) is 29.6. The smallest absolute Gasteiger partial charge is 0.183 e. The fourth-order valence-corrected chi connectivity index (χ4v) is 2.90. The van der Waals surface area contributed by atoms with Crippen LogP contribution in [0.3, 0.4) is 0 Å². The molecule has 0 bridgehead atoms. The van der Waals surface area contributed by atoms with Crippen LogP contribution < -0.4 is 5.11 Å². The van der Waals surface area contributed by atoms with E-state index in [9.17, 15) is 20.1 Å². The van der Waals surface area contributed by atoms with Gasteiger partial charge in [-0.15, -0.1) is 0 Å². The summed E-state index contributed by atoms with van der Waals surface area (Å²) in [5.41, 5.74) is 0. The Kier molecular flexibility index (Phi) is 11.7. The van der Waals surface area contributed by atoms with E-state index >= 15 is 0 Å². The van der Waals surface area contributed by atoms with E-state index in [4.69, 9.17) is 9.47 Å². The molecular formula is C19H33O6-. The van der Waals surface area contributed by atoms with E-state index in [-0.39, 0.29) is 6.10 Å². The van der Waals surface area contributed by atoms with Crippen molar-refractivity contribution in [1.29, 1.82) is 0 Å². The average molecular weight is 357 g/mol. The quantitative estimate of drug-likeness (QED) is 0.384. The van der Waals surface area contributed by atoms with E-state index in [1.807, 2.05) is 0 Å². The molecule has 6 nitrogen and oxygen atoms in total. The van der Waals surface area contributed by atoms with Gasteiger partial charge in [-0.3, -0.25) is 0 Å². The summed E-state index contributed by atoms with van der Waals surface area (Å²) in [7, 11) is 0. The van der Waals surface area contributed by atoms with Gasteiger partial charge >= 0.3 is 0 Å². The average Bonchev–Trinajstić information content (AvgIpc) is 2.56. The molecule has 6 heteroatoms. The molecule has 0 unspecified atom stereocenters. The number of aliphatic carboxylic acids is 1. The Morgan fingerprint density at radius 2 is 1.68 bits per heavy atom. The van der Waals surface area contributed by atoms with E-state index in [2.05, 4.69) is 0 Å². The molecule has 25 heavy (non-hydrogen) atoms. The van der Waals surface area contributed by atoms with Crippen LogP contribution in [-0.2, 0) is 14.3 Å². The Hall–Kier alpha value is -0.950. The highest BCUT2D eigenvalue weighted by molar-refractivity contribution is 5.77. The molecule has 1 aliphatic rings. The van der Waals surface area contributed by atoms with Gasteiger partial charge in [-0.25, -0.2) is 0 Å². The van der Waals surface area contributed by atoms with Crippen LogP contribution >= 0.6 is 0 Å². The Morgan fingerprint density at radius 1 is 1.08 bits per heavy atom. The fourth-order valence-electron chi connectivity index (χ4n) is 2.90. The van der Waals surface area contributed by atoms with Gasteiger partial charge in [0.1, 0.15) is 6.10 Å². The molecule has 4 atom stereocenters. The van der Waals surface area contributed by atoms with Crippen molar-refractivity contribution in [2.45, 2.75) is 95.7 Å². The highest BCUT2D eigenvalue weighted by atomic mass is 16.7. The van der Waals surface area contributed by atoms with Gasteiger partial charge in [0.25, 0.3) is 0 Å². The first kappa shape index (κ1) is 22.1. The summed E-state index contributed by atoms with van der Waals surface area (Å²) in [6.45, 7) is 2.35. The molecule has 0 aliphatic carbocycles. The highest BCUT2D eigenvalue weighted by Gasteiger charge is 2.34. The number of aliphatic hydroxyl groups is 2. The number of carbonyl (C=O) groups excluding carboxylic acids is 1. The minimum absolute atomic E-state index is 0.300. The largest absolute Gasteiger partial charge is 0.545 e. The molecule has 0 spiro atoms. The van der Waals surface area contributed by atoms with Crippen LogP contribution in [0.25, 0.3) is 0 Å². The van der Waals surface area contributed by atoms with Crippen molar-refractivity contribution in [3.05, 3.63) is 12.2 Å². The van der Waals surface area contributed by atoms with Crippen LogP contribution in [0.15, 0.2) is 12.2 Å². The molecule has 0 aromatic carbocycles. The maximum absolute atomic E-state index is 10.2. The molecule has 1 saturated heterocycles. The number of allylic oxidation sites excluding steroid dienone is 1. The zero-order chi connectivity index (χ0) is 18.5. The Bertz CT molecular complexity index is 384. The lowest BCUT2D eigenvalue weighted by Gasteiger charge is -2.35. The second-order valence-corrected chi connectivity index (χ2v) is 6.79. The number of unbranched alkanes of at least 4 members (excludes halogenated alkanes) is 8. The van der Waals surface area contributed by atoms with Gasteiger partial charge in [0.2, 0.25) is 0 Å². The normalized spacial score (nSPS) is 27.0. The highest BCUT2D eigenvalue weighted by Crippen LogP contribution is 2.21. The van der Waals surface area contributed by atoms with Crippen LogP contribution in [0, 0.1) is 0 Å². The van der Waals surface area contributed by atoms with Gasteiger partial charge < -0.3 is 29.6 Å². The van der Waals surface area contributed by atoms with Crippen molar-refractivity contribution in [2.75, 3.05) is 6.61 Å². The summed E-state index contributed by atoms with van der Waals surface area (Å²) in [5.74, 6) is -1.12. The number of carboxylic acid groups (broad SMARTS) is 1. The zero-order valence-electron chi connectivity index (χ0n) is 15.3. The minimum Gasteiger partial charge on any atom is -0.545 e. The van der Waals surface area contributed by atoms with Crippen molar-refractivity contribution in [2.24, 2.45) is 0 Å². The van der Waals surface area contributed by atoms with Gasteiger partial charge in [0, 0.05) is 13.0 Å². The van der Waals surface area contributed by atoms with Gasteiger partial charge in [-0.2, -0.15) is 0 Å². The van der Waals surface area contributed by atoms with Crippen molar-refractivity contribution < 1.29 is 29.6 Å². The standard InChI is InChI=1S/C19H34O6/c1-15-16(20)14-17(21)19(25-15)24-13-11-9-7-5-3-2-4-6-8-10-12-18(22)23/h10,12,15-17,19-21H,2-9,11,13-14H2,1H3,(H,22,23)/p-1/b12-10+/t15-,16+,17+,19+/m0/s1. The number of hydrogen-bond acceptors (Lipinski definition) is 6. The van der Waals surface area contributed by atoms with E-state index < -0.39 is 24.5 Å². The van der Waals surface area contributed by atoms with Crippen molar-refractivity contribution in [1.82, 2.24) is 0 Å². The number of hydrogen-bond donors (Lipinski definition) is 2. The molecule has 0 amide bonds. The van der Waals surface area contributed by atoms with Crippen molar-refractivity contribution in [3.63, 3.8) is 0 Å². The van der Waals surface area contributed by atoms with Gasteiger partial charge in [-0.1, -0.05) is 44.6 Å². The van der Waals surface area contributed by atoms with Crippen LogP contribution in [0.5, 0.6) is 0 Å². The predicted molar refractivity (Wildman–Crippen MR) is 92.6 cm³/mol. The molecule has 0 radical (unpaired) electrons. The molecule has 0 aromatic rings. The van der Waals surface area contributed by atoms with E-state index in [1.165, 1.54) is 19.3 Å². The molecule has 0 saturated carbocycles. The van der Waals surface area contributed by atoms with Crippen LogP contribution in [0.2, 0.25) is 0 Å². The molecular weight excluding hydrogens is 324 g/mol. The third-order valence-corrected chi connectivity index (χ3v) is 4.49. The van der Waals surface area contributed by atoms with Crippen molar-refractivity contribution in [3.8, 4) is 0 Å². The van der Waals surface area contributed by atoms with Crippen LogP contribution in [0.4, 0.5) is 0 Å². The lowest BCUT2D eigenvalue weighted by Crippen LogP contribution is -2.47. The summed E-state index contributed by atoms with van der Waals surface area (Å²) >= 11 is 0. The Morgan fingerprint density at radius 3 is 2.32 bits per heavy atom. The first-order chi connectivity index (χ1) is 12.0. The Labute approximate surface area is 150 Å². The number of rotatable bonds is 13. The van der Waals surface area contributed by atoms with E-state index in [0.29, 0.717) is 13.0 Å². The second kappa shape index (κ2) is 13.3. The lowest BCUT2D eigenvalue weighted by atomic mass is 10.0. The molecule has 1 fully saturated rings. The van der Waals surface area contributed by atoms with E-state index in [1.54, 1.807) is 13.0 Å². The maximum Gasteiger partial charge on any atom is 0.183 e. The maximum atomic E-state index is 10.2. The number of aliphatic hydroxyl groups excluding tert-OH is 2. The predicted octanol–water partition coefficient (Wildman–Crippen LogP) is 1.68.